The molecule has 2 aromatic rings. The topological polar surface area (TPSA) is 81.6 Å². The van der Waals surface area contributed by atoms with Gasteiger partial charge in [0, 0.05) is 24.8 Å². The van der Waals surface area contributed by atoms with Crippen molar-refractivity contribution in [3.8, 4) is 0 Å². The van der Waals surface area contributed by atoms with Crippen LogP contribution >= 0.6 is 0 Å². The quantitative estimate of drug-likeness (QED) is 0.628. The van der Waals surface area contributed by atoms with E-state index < -0.39 is 17.6 Å². The summed E-state index contributed by atoms with van der Waals surface area (Å²) in [6, 6.07) is 5.58. The summed E-state index contributed by atoms with van der Waals surface area (Å²) >= 11 is 0. The molecule has 10 heteroatoms. The Bertz CT molecular complexity index is 858. The predicted molar refractivity (Wildman–Crippen MR) is 89.6 cm³/mol. The maximum atomic E-state index is 13.0. The van der Waals surface area contributed by atoms with Gasteiger partial charge in [-0.3, -0.25) is 10.0 Å². The van der Waals surface area contributed by atoms with Crippen LogP contribution in [-0.4, -0.2) is 46.3 Å². The number of nitrogens with zero attached hydrogens (tertiary/aromatic N) is 4. The number of carbonyl (C=O) groups is 1. The Morgan fingerprint density at radius 3 is 2.48 bits per heavy atom. The van der Waals surface area contributed by atoms with Gasteiger partial charge in [-0.05, 0) is 24.6 Å². The molecule has 2 bridgehead atoms. The predicted octanol–water partition coefficient (Wildman–Crippen LogP) is 2.08. The van der Waals surface area contributed by atoms with Gasteiger partial charge < -0.3 is 9.80 Å². The Kier molecular flexibility index (Phi) is 4.14. The van der Waals surface area contributed by atoms with Gasteiger partial charge in [0.05, 0.1) is 24.0 Å². The van der Waals surface area contributed by atoms with E-state index in [4.69, 9.17) is 5.21 Å². The Balaban J connectivity index is 1.49. The second kappa shape index (κ2) is 6.38. The van der Waals surface area contributed by atoms with Gasteiger partial charge in [-0.15, -0.1) is 0 Å². The minimum atomic E-state index is -4.36. The molecule has 0 spiro atoms. The Labute approximate surface area is 152 Å². The van der Waals surface area contributed by atoms with Crippen molar-refractivity contribution in [3.05, 3.63) is 47.9 Å². The molecule has 1 amide bonds. The third-order valence-electron chi connectivity index (χ3n) is 5.01. The zero-order chi connectivity index (χ0) is 19.2. The summed E-state index contributed by atoms with van der Waals surface area (Å²) in [5.74, 6) is -0.145. The number of carbonyl (C=O) groups excluding carboxylic acids is 1. The monoisotopic (exact) mass is 379 g/mol. The van der Waals surface area contributed by atoms with Crippen LogP contribution in [0.2, 0.25) is 0 Å². The van der Waals surface area contributed by atoms with Gasteiger partial charge >= 0.3 is 6.18 Å². The van der Waals surface area contributed by atoms with Crippen LogP contribution in [0.5, 0.6) is 0 Å². The highest BCUT2D eigenvalue weighted by molar-refractivity contribution is 5.91. The summed E-state index contributed by atoms with van der Waals surface area (Å²) in [6.45, 7) is 1.20. The molecule has 1 aromatic heterocycles. The maximum Gasteiger partial charge on any atom is 0.416 e. The number of piperazine rings is 1. The Morgan fingerprint density at radius 1 is 1.15 bits per heavy atom. The fourth-order valence-electron chi connectivity index (χ4n) is 3.77. The molecule has 4 rings (SSSR count). The number of hydrogen-bond acceptors (Lipinski definition) is 6. The number of amides is 1. The lowest BCUT2D eigenvalue weighted by molar-refractivity contribution is -0.137. The van der Waals surface area contributed by atoms with E-state index in [2.05, 4.69) is 9.97 Å². The molecule has 0 saturated carbocycles. The highest BCUT2D eigenvalue weighted by atomic mass is 19.4. The van der Waals surface area contributed by atoms with E-state index in [0.717, 1.165) is 12.5 Å². The van der Waals surface area contributed by atoms with E-state index in [1.165, 1.54) is 30.0 Å². The maximum absolute atomic E-state index is 13.0. The van der Waals surface area contributed by atoms with Crippen molar-refractivity contribution in [2.45, 2.75) is 24.7 Å². The number of aromatic nitrogens is 2. The first-order valence-corrected chi connectivity index (χ1v) is 8.34. The molecule has 27 heavy (non-hydrogen) atoms. The summed E-state index contributed by atoms with van der Waals surface area (Å²) in [5, 5.41) is 8.61. The number of fused-ring (bicyclic) bond motifs is 2. The Hall–Kier alpha value is -2.88. The van der Waals surface area contributed by atoms with Gasteiger partial charge in [0.25, 0.3) is 5.91 Å². The molecule has 2 aliphatic heterocycles. The standard InChI is InChI=1S/C17H16F3N5O2/c18-17(19,20)10-2-1-3-11(4-10)24-8-13-5-12(24)9-25(13)15-7-21-14(6-22-15)16(26)23-27/h1-4,6-7,12-13,27H,5,8-9H2,(H,23,26)/t12-,13-/m1/s1. The summed E-state index contributed by atoms with van der Waals surface area (Å²) in [6.07, 6.45) is -0.812. The molecule has 142 valence electrons. The highest BCUT2D eigenvalue weighted by Crippen LogP contribution is 2.38. The number of hydrogen-bond donors (Lipinski definition) is 2. The summed E-state index contributed by atoms with van der Waals surface area (Å²) in [7, 11) is 0. The van der Waals surface area contributed by atoms with Gasteiger partial charge in [0.15, 0.2) is 0 Å². The van der Waals surface area contributed by atoms with Crippen LogP contribution in [0.15, 0.2) is 36.7 Å². The fraction of sp³-hybridized carbons (Fsp3) is 0.353. The molecule has 3 heterocycles. The van der Waals surface area contributed by atoms with Crippen molar-refractivity contribution in [2.24, 2.45) is 0 Å². The molecular weight excluding hydrogens is 363 g/mol. The van der Waals surface area contributed by atoms with Crippen LogP contribution in [0.4, 0.5) is 24.7 Å². The van der Waals surface area contributed by atoms with Crippen molar-refractivity contribution in [3.63, 3.8) is 0 Å². The van der Waals surface area contributed by atoms with Crippen molar-refractivity contribution >= 4 is 17.4 Å². The summed E-state index contributed by atoms with van der Waals surface area (Å²) < 4.78 is 38.9. The highest BCUT2D eigenvalue weighted by Gasteiger charge is 2.44. The normalized spacial score (nSPS) is 21.6. The molecule has 0 aliphatic carbocycles. The number of halogens is 3. The molecule has 2 saturated heterocycles. The van der Waals surface area contributed by atoms with Gasteiger partial charge in [-0.2, -0.15) is 13.2 Å². The van der Waals surface area contributed by atoms with Crippen LogP contribution in [0.25, 0.3) is 0 Å². The first kappa shape index (κ1) is 17.5. The zero-order valence-corrected chi connectivity index (χ0v) is 14.0. The largest absolute Gasteiger partial charge is 0.416 e. The molecule has 2 atom stereocenters. The van der Waals surface area contributed by atoms with E-state index in [9.17, 15) is 18.0 Å². The number of benzene rings is 1. The van der Waals surface area contributed by atoms with E-state index in [0.29, 0.717) is 24.6 Å². The van der Waals surface area contributed by atoms with Crippen molar-refractivity contribution in [1.29, 1.82) is 0 Å². The zero-order valence-electron chi connectivity index (χ0n) is 14.0. The minimum Gasteiger partial charge on any atom is -0.365 e. The lowest BCUT2D eigenvalue weighted by Gasteiger charge is -2.36. The molecule has 7 nitrogen and oxygen atoms in total. The first-order valence-electron chi connectivity index (χ1n) is 8.34. The molecule has 1 aromatic carbocycles. The van der Waals surface area contributed by atoms with Crippen LogP contribution < -0.4 is 15.3 Å². The van der Waals surface area contributed by atoms with Crippen molar-refractivity contribution in [1.82, 2.24) is 15.4 Å². The second-order valence-electron chi connectivity index (χ2n) is 6.60. The van der Waals surface area contributed by atoms with Crippen LogP contribution in [0.1, 0.15) is 22.5 Å². The van der Waals surface area contributed by atoms with Crippen LogP contribution in [0, 0.1) is 0 Å². The number of nitrogens with one attached hydrogen (secondary N) is 1. The molecule has 2 aliphatic rings. The lowest BCUT2D eigenvalue weighted by atomic mass is 10.1. The molecule has 0 unspecified atom stereocenters. The number of anilines is 2. The lowest BCUT2D eigenvalue weighted by Crippen LogP contribution is -2.47. The van der Waals surface area contributed by atoms with Gasteiger partial charge in [-0.25, -0.2) is 15.4 Å². The number of alkyl halides is 3. The van der Waals surface area contributed by atoms with Crippen LogP contribution in [-0.2, 0) is 6.18 Å². The van der Waals surface area contributed by atoms with E-state index in [1.54, 1.807) is 6.07 Å². The fourth-order valence-corrected chi connectivity index (χ4v) is 3.77. The SMILES string of the molecule is O=C(NO)c1cnc(N2C[C@H]3C[C@@H]2CN3c2cccc(C(F)(F)F)c2)cn1. The molecule has 2 fully saturated rings. The summed E-state index contributed by atoms with van der Waals surface area (Å²) in [4.78, 5) is 23.5. The third-order valence-corrected chi connectivity index (χ3v) is 5.01. The average molecular weight is 379 g/mol. The molecule has 0 radical (unpaired) electrons. The van der Waals surface area contributed by atoms with Gasteiger partial charge in [-0.1, -0.05) is 6.07 Å². The smallest absolute Gasteiger partial charge is 0.365 e. The number of hydroxylamine groups is 1. The third kappa shape index (κ3) is 3.16. The van der Waals surface area contributed by atoms with E-state index in [1.807, 2.05) is 9.80 Å². The molecular formula is C17H16F3N5O2. The average Bonchev–Trinajstić information content (AvgIpc) is 3.28. The van der Waals surface area contributed by atoms with Gasteiger partial charge in [0.2, 0.25) is 0 Å². The van der Waals surface area contributed by atoms with Crippen LogP contribution in [0.3, 0.4) is 0 Å². The minimum absolute atomic E-state index is 0.00352. The van der Waals surface area contributed by atoms with E-state index >= 15 is 0 Å². The first-order chi connectivity index (χ1) is 12.9. The summed E-state index contributed by atoms with van der Waals surface area (Å²) in [5.41, 5.74) is 1.41. The second-order valence-corrected chi connectivity index (χ2v) is 6.60. The van der Waals surface area contributed by atoms with E-state index in [-0.39, 0.29) is 17.8 Å². The Morgan fingerprint density at radius 2 is 1.89 bits per heavy atom. The van der Waals surface area contributed by atoms with Gasteiger partial charge in [0.1, 0.15) is 11.5 Å². The number of rotatable bonds is 3. The van der Waals surface area contributed by atoms with Crippen molar-refractivity contribution < 1.29 is 23.2 Å². The molecule has 2 N–H and O–H groups in total. The van der Waals surface area contributed by atoms with Crippen molar-refractivity contribution in [2.75, 3.05) is 22.9 Å².